The lowest BCUT2D eigenvalue weighted by Crippen LogP contribution is -2.49. The molecule has 72 valence electrons. The molecule has 1 aliphatic heterocycles. The van der Waals surface area contributed by atoms with E-state index < -0.39 is 5.97 Å². The van der Waals surface area contributed by atoms with Gasteiger partial charge in [-0.3, -0.25) is 9.59 Å². The molecular formula is C9H13NO3. The summed E-state index contributed by atoms with van der Waals surface area (Å²) in [5.74, 6) is -0.693. The Kier molecular flexibility index (Phi) is 1.98. The van der Waals surface area contributed by atoms with E-state index in [-0.39, 0.29) is 17.9 Å². The fraction of sp³-hybridized carbons (Fsp3) is 0.778. The number of carboxylic acids is 1. The van der Waals surface area contributed by atoms with Crippen molar-refractivity contribution in [2.45, 2.75) is 31.7 Å². The Labute approximate surface area is 76.3 Å². The van der Waals surface area contributed by atoms with Crippen LogP contribution in [-0.4, -0.2) is 23.0 Å². The summed E-state index contributed by atoms with van der Waals surface area (Å²) < 4.78 is 0. The predicted octanol–water partition coefficient (Wildman–Crippen LogP) is 0.376. The number of rotatable bonds is 2. The van der Waals surface area contributed by atoms with Crippen LogP contribution in [0.2, 0.25) is 0 Å². The maximum absolute atomic E-state index is 11.1. The molecule has 0 unspecified atom stereocenters. The first-order valence-electron chi connectivity index (χ1n) is 4.70. The Morgan fingerprint density at radius 1 is 1.38 bits per heavy atom. The van der Waals surface area contributed by atoms with Crippen molar-refractivity contribution < 1.29 is 14.7 Å². The predicted molar refractivity (Wildman–Crippen MR) is 45.0 cm³/mol. The Balaban J connectivity index is 2.07. The lowest BCUT2D eigenvalue weighted by molar-refractivity contribution is -0.145. The molecule has 0 aromatic rings. The van der Waals surface area contributed by atoms with Crippen molar-refractivity contribution in [3.05, 3.63) is 0 Å². The van der Waals surface area contributed by atoms with Crippen molar-refractivity contribution >= 4 is 11.9 Å². The second-order valence-electron chi connectivity index (χ2n) is 3.91. The molecule has 1 saturated carbocycles. The summed E-state index contributed by atoms with van der Waals surface area (Å²) >= 11 is 0. The van der Waals surface area contributed by atoms with Gasteiger partial charge >= 0.3 is 5.97 Å². The van der Waals surface area contributed by atoms with Gasteiger partial charge in [0.25, 0.3) is 0 Å². The van der Waals surface area contributed by atoms with Crippen LogP contribution in [0.3, 0.4) is 0 Å². The highest BCUT2D eigenvalue weighted by Gasteiger charge is 2.42. The summed E-state index contributed by atoms with van der Waals surface area (Å²) in [4.78, 5) is 21.9. The van der Waals surface area contributed by atoms with Crippen LogP contribution in [0.15, 0.2) is 0 Å². The van der Waals surface area contributed by atoms with Crippen molar-refractivity contribution in [2.75, 3.05) is 0 Å². The zero-order valence-corrected chi connectivity index (χ0v) is 7.32. The maximum atomic E-state index is 11.1. The molecule has 2 fully saturated rings. The number of carbonyl (C=O) groups excluding carboxylic acids is 1. The first-order valence-corrected chi connectivity index (χ1v) is 4.70. The normalized spacial score (nSPS) is 34.0. The number of amides is 1. The summed E-state index contributed by atoms with van der Waals surface area (Å²) in [6, 6.07) is -0.0984. The van der Waals surface area contributed by atoms with Gasteiger partial charge in [0, 0.05) is 12.5 Å². The van der Waals surface area contributed by atoms with E-state index in [2.05, 4.69) is 5.32 Å². The minimum absolute atomic E-state index is 0.00870. The highest BCUT2D eigenvalue weighted by Crippen LogP contribution is 2.38. The van der Waals surface area contributed by atoms with Crippen LogP contribution < -0.4 is 5.32 Å². The van der Waals surface area contributed by atoms with Gasteiger partial charge in [0.05, 0.1) is 5.92 Å². The highest BCUT2D eigenvalue weighted by atomic mass is 16.4. The van der Waals surface area contributed by atoms with Crippen molar-refractivity contribution in [2.24, 2.45) is 11.8 Å². The molecule has 2 rings (SSSR count). The van der Waals surface area contributed by atoms with Crippen LogP contribution in [0.1, 0.15) is 25.7 Å². The summed E-state index contributed by atoms with van der Waals surface area (Å²) in [6.45, 7) is 0. The van der Waals surface area contributed by atoms with Gasteiger partial charge in [-0.2, -0.15) is 0 Å². The Morgan fingerprint density at radius 3 is 2.62 bits per heavy atom. The molecule has 2 aliphatic rings. The van der Waals surface area contributed by atoms with E-state index in [0.29, 0.717) is 18.8 Å². The van der Waals surface area contributed by atoms with Crippen LogP contribution in [0.25, 0.3) is 0 Å². The van der Waals surface area contributed by atoms with Gasteiger partial charge in [-0.1, -0.05) is 0 Å². The van der Waals surface area contributed by atoms with E-state index in [4.69, 9.17) is 5.11 Å². The third-order valence-corrected chi connectivity index (χ3v) is 2.89. The van der Waals surface area contributed by atoms with Crippen LogP contribution in [0.4, 0.5) is 0 Å². The fourth-order valence-electron chi connectivity index (χ4n) is 2.00. The summed E-state index contributed by atoms with van der Waals surface area (Å²) in [5, 5.41) is 11.7. The van der Waals surface area contributed by atoms with Crippen molar-refractivity contribution in [1.82, 2.24) is 5.32 Å². The standard InChI is InChI=1S/C9H13NO3/c11-7-4-3-6(9(12)13)8(10-7)5-1-2-5/h5-6,8H,1-4H2,(H,10,11)(H,12,13)/t6-,8+/m1/s1. The van der Waals surface area contributed by atoms with E-state index in [1.165, 1.54) is 0 Å². The zero-order valence-electron chi connectivity index (χ0n) is 7.32. The van der Waals surface area contributed by atoms with E-state index in [9.17, 15) is 9.59 Å². The number of hydrogen-bond donors (Lipinski definition) is 2. The largest absolute Gasteiger partial charge is 0.481 e. The zero-order chi connectivity index (χ0) is 9.42. The average Bonchev–Trinajstić information content (AvgIpc) is 2.85. The van der Waals surface area contributed by atoms with E-state index in [1.807, 2.05) is 0 Å². The molecule has 2 atom stereocenters. The third kappa shape index (κ3) is 1.66. The third-order valence-electron chi connectivity index (χ3n) is 2.89. The minimum Gasteiger partial charge on any atom is -0.481 e. The SMILES string of the molecule is O=C1CC[C@@H](C(=O)O)[C@H](C2CC2)N1. The summed E-state index contributed by atoms with van der Waals surface area (Å²) in [7, 11) is 0. The quantitative estimate of drug-likeness (QED) is 0.650. The average molecular weight is 183 g/mol. The Morgan fingerprint density at radius 2 is 2.08 bits per heavy atom. The van der Waals surface area contributed by atoms with Crippen molar-refractivity contribution in [1.29, 1.82) is 0 Å². The lowest BCUT2D eigenvalue weighted by atomic mass is 9.88. The monoisotopic (exact) mass is 183 g/mol. The van der Waals surface area contributed by atoms with Gasteiger partial charge in [-0.25, -0.2) is 0 Å². The van der Waals surface area contributed by atoms with Gasteiger partial charge in [0.15, 0.2) is 0 Å². The fourth-order valence-corrected chi connectivity index (χ4v) is 2.00. The van der Waals surface area contributed by atoms with Crippen molar-refractivity contribution in [3.8, 4) is 0 Å². The summed E-state index contributed by atoms with van der Waals surface area (Å²) in [5.41, 5.74) is 0. The number of piperidine rings is 1. The molecule has 0 bridgehead atoms. The van der Waals surface area contributed by atoms with E-state index >= 15 is 0 Å². The van der Waals surface area contributed by atoms with Crippen LogP contribution in [0, 0.1) is 11.8 Å². The molecule has 0 spiro atoms. The van der Waals surface area contributed by atoms with Crippen LogP contribution in [-0.2, 0) is 9.59 Å². The van der Waals surface area contributed by atoms with Gasteiger partial charge < -0.3 is 10.4 Å². The van der Waals surface area contributed by atoms with Crippen LogP contribution >= 0.6 is 0 Å². The van der Waals surface area contributed by atoms with E-state index in [1.54, 1.807) is 0 Å². The number of hydrogen-bond acceptors (Lipinski definition) is 2. The smallest absolute Gasteiger partial charge is 0.308 e. The molecule has 1 aliphatic carbocycles. The van der Waals surface area contributed by atoms with Gasteiger partial charge in [-0.05, 0) is 25.2 Å². The summed E-state index contributed by atoms with van der Waals surface area (Å²) in [6.07, 6.45) is 2.99. The second kappa shape index (κ2) is 3.01. The lowest BCUT2D eigenvalue weighted by Gasteiger charge is -2.29. The highest BCUT2D eigenvalue weighted by molar-refractivity contribution is 5.81. The Hall–Kier alpha value is -1.06. The molecule has 4 nitrogen and oxygen atoms in total. The van der Waals surface area contributed by atoms with Crippen molar-refractivity contribution in [3.63, 3.8) is 0 Å². The molecular weight excluding hydrogens is 170 g/mol. The number of carboxylic acid groups (broad SMARTS) is 1. The molecule has 0 aromatic heterocycles. The van der Waals surface area contributed by atoms with Gasteiger partial charge in [-0.15, -0.1) is 0 Å². The van der Waals surface area contributed by atoms with Gasteiger partial charge in [0.1, 0.15) is 0 Å². The van der Waals surface area contributed by atoms with E-state index in [0.717, 1.165) is 12.8 Å². The molecule has 0 radical (unpaired) electrons. The van der Waals surface area contributed by atoms with Gasteiger partial charge in [0.2, 0.25) is 5.91 Å². The number of nitrogens with one attached hydrogen (secondary N) is 1. The first-order chi connectivity index (χ1) is 6.18. The maximum Gasteiger partial charge on any atom is 0.308 e. The molecule has 1 heterocycles. The molecule has 2 N–H and O–H groups in total. The second-order valence-corrected chi connectivity index (χ2v) is 3.91. The molecule has 1 saturated heterocycles. The molecule has 13 heavy (non-hydrogen) atoms. The first kappa shape index (κ1) is 8.53. The Bertz CT molecular complexity index is 247. The molecule has 4 heteroatoms. The molecule has 1 amide bonds. The number of carbonyl (C=O) groups is 2. The number of aliphatic carboxylic acids is 1. The topological polar surface area (TPSA) is 66.4 Å². The molecule has 0 aromatic carbocycles. The van der Waals surface area contributed by atoms with Crippen LogP contribution in [0.5, 0.6) is 0 Å². The minimum atomic E-state index is -0.767.